The summed E-state index contributed by atoms with van der Waals surface area (Å²) < 4.78 is 10.3. The lowest BCUT2D eigenvalue weighted by Gasteiger charge is -2.11. The van der Waals surface area contributed by atoms with Gasteiger partial charge in [0.25, 0.3) is 0 Å². The molecule has 0 aliphatic rings. The zero-order valence-electron chi connectivity index (χ0n) is 10.5. The van der Waals surface area contributed by atoms with Crippen molar-refractivity contribution in [2.75, 3.05) is 20.8 Å². The van der Waals surface area contributed by atoms with Crippen LogP contribution in [0.5, 0.6) is 0 Å². The molecular formula is C11H21N3O2. The Balaban J connectivity index is 2.56. The van der Waals surface area contributed by atoms with E-state index in [-0.39, 0.29) is 6.04 Å². The number of hydrogen-bond acceptors (Lipinski definition) is 5. The smallest absolute Gasteiger partial charge is 0.228 e. The average molecular weight is 227 g/mol. The molecule has 0 saturated carbocycles. The molecule has 0 spiro atoms. The summed E-state index contributed by atoms with van der Waals surface area (Å²) in [7, 11) is 3.58. The zero-order chi connectivity index (χ0) is 12.0. The minimum Gasteiger partial charge on any atom is -0.383 e. The summed E-state index contributed by atoms with van der Waals surface area (Å²) in [4.78, 5) is 4.38. The lowest BCUT2D eigenvalue weighted by molar-refractivity contribution is 0.165. The highest BCUT2D eigenvalue weighted by Crippen LogP contribution is 2.15. The number of ether oxygens (including phenoxy) is 1. The first-order valence-electron chi connectivity index (χ1n) is 5.69. The Kier molecular flexibility index (Phi) is 5.42. The van der Waals surface area contributed by atoms with Gasteiger partial charge in [-0.25, -0.2) is 0 Å². The van der Waals surface area contributed by atoms with Crippen LogP contribution in [0.2, 0.25) is 0 Å². The predicted molar refractivity (Wildman–Crippen MR) is 61.4 cm³/mol. The minimum absolute atomic E-state index is 0.218. The second kappa shape index (κ2) is 6.60. The number of rotatable bonds is 7. The number of nitrogens with zero attached hydrogens (tertiary/aromatic N) is 2. The van der Waals surface area contributed by atoms with Crippen molar-refractivity contribution >= 4 is 0 Å². The van der Waals surface area contributed by atoms with E-state index >= 15 is 0 Å². The van der Waals surface area contributed by atoms with Crippen LogP contribution in [-0.4, -0.2) is 36.9 Å². The first-order valence-corrected chi connectivity index (χ1v) is 5.69. The first-order chi connectivity index (χ1) is 7.71. The van der Waals surface area contributed by atoms with Crippen LogP contribution in [0.4, 0.5) is 0 Å². The van der Waals surface area contributed by atoms with Crippen LogP contribution < -0.4 is 5.32 Å². The van der Waals surface area contributed by atoms with E-state index in [0.29, 0.717) is 24.8 Å². The van der Waals surface area contributed by atoms with E-state index in [1.54, 1.807) is 7.11 Å². The molecule has 1 rings (SSSR count). The average Bonchev–Trinajstić information content (AvgIpc) is 2.76. The van der Waals surface area contributed by atoms with Crippen molar-refractivity contribution in [3.05, 3.63) is 11.7 Å². The molecule has 0 bridgehead atoms. The topological polar surface area (TPSA) is 60.2 Å². The van der Waals surface area contributed by atoms with Crippen LogP contribution in [0.25, 0.3) is 0 Å². The Bertz CT molecular complexity index is 301. The van der Waals surface area contributed by atoms with Gasteiger partial charge >= 0.3 is 0 Å². The van der Waals surface area contributed by atoms with Crippen molar-refractivity contribution in [3.8, 4) is 0 Å². The van der Waals surface area contributed by atoms with E-state index < -0.39 is 0 Å². The Labute approximate surface area is 96.6 Å². The van der Waals surface area contributed by atoms with Crippen LogP contribution in [-0.2, 0) is 11.2 Å². The fraction of sp³-hybridized carbons (Fsp3) is 0.818. The molecule has 1 N–H and O–H groups in total. The van der Waals surface area contributed by atoms with Crippen molar-refractivity contribution in [1.29, 1.82) is 0 Å². The Hall–Kier alpha value is -0.940. The molecule has 0 aromatic carbocycles. The zero-order valence-corrected chi connectivity index (χ0v) is 10.5. The maximum absolute atomic E-state index is 5.21. The molecule has 16 heavy (non-hydrogen) atoms. The van der Waals surface area contributed by atoms with Crippen LogP contribution in [0.1, 0.15) is 37.9 Å². The van der Waals surface area contributed by atoms with E-state index in [1.165, 1.54) is 0 Å². The van der Waals surface area contributed by atoms with Crippen molar-refractivity contribution in [3.63, 3.8) is 0 Å². The number of hydrogen-bond donors (Lipinski definition) is 1. The molecule has 2 atom stereocenters. The molecule has 1 aromatic heterocycles. The molecule has 1 heterocycles. The Morgan fingerprint density at radius 2 is 2.25 bits per heavy atom. The first kappa shape index (κ1) is 13.1. The third-order valence-corrected chi connectivity index (χ3v) is 2.73. The lowest BCUT2D eigenvalue weighted by Crippen LogP contribution is -2.32. The lowest BCUT2D eigenvalue weighted by atomic mass is 10.1. The van der Waals surface area contributed by atoms with Gasteiger partial charge in [-0.15, -0.1) is 0 Å². The number of aromatic nitrogens is 2. The van der Waals surface area contributed by atoms with Crippen molar-refractivity contribution in [2.45, 2.75) is 38.6 Å². The maximum Gasteiger partial charge on any atom is 0.228 e. The largest absolute Gasteiger partial charge is 0.383 e. The highest BCUT2D eigenvalue weighted by Gasteiger charge is 2.15. The molecule has 1 aromatic rings. The molecule has 2 unspecified atom stereocenters. The predicted octanol–water partition coefficient (Wildman–Crippen LogP) is 1.36. The summed E-state index contributed by atoms with van der Waals surface area (Å²) in [5.74, 6) is 1.82. The van der Waals surface area contributed by atoms with Gasteiger partial charge in [0.15, 0.2) is 5.82 Å². The molecule has 0 radical (unpaired) electrons. The molecular weight excluding hydrogens is 206 g/mol. The summed E-state index contributed by atoms with van der Waals surface area (Å²) in [6.45, 7) is 4.85. The molecule has 92 valence electrons. The summed E-state index contributed by atoms with van der Waals surface area (Å²) in [6.07, 6.45) is 1.72. The van der Waals surface area contributed by atoms with Gasteiger partial charge in [-0.1, -0.05) is 19.0 Å². The fourth-order valence-corrected chi connectivity index (χ4v) is 1.39. The van der Waals surface area contributed by atoms with Gasteiger partial charge in [0, 0.05) is 25.5 Å². The summed E-state index contributed by atoms with van der Waals surface area (Å²) in [6, 6.07) is 0.218. The van der Waals surface area contributed by atoms with Crippen LogP contribution >= 0.6 is 0 Å². The summed E-state index contributed by atoms with van der Waals surface area (Å²) >= 11 is 0. The number of methoxy groups -OCH3 is 1. The van der Waals surface area contributed by atoms with E-state index in [0.717, 1.165) is 12.2 Å². The molecule has 0 amide bonds. The molecule has 0 aliphatic heterocycles. The monoisotopic (exact) mass is 227 g/mol. The van der Waals surface area contributed by atoms with Gasteiger partial charge in [-0.05, 0) is 13.5 Å². The van der Waals surface area contributed by atoms with Crippen molar-refractivity contribution in [2.24, 2.45) is 0 Å². The molecule has 0 fully saturated rings. The third kappa shape index (κ3) is 3.57. The Morgan fingerprint density at radius 3 is 2.81 bits per heavy atom. The number of nitrogens with one attached hydrogen (secondary N) is 1. The fourth-order valence-electron chi connectivity index (χ4n) is 1.39. The van der Waals surface area contributed by atoms with Gasteiger partial charge in [0.05, 0.1) is 6.61 Å². The quantitative estimate of drug-likeness (QED) is 0.762. The van der Waals surface area contributed by atoms with Gasteiger partial charge in [-0.2, -0.15) is 4.98 Å². The van der Waals surface area contributed by atoms with Gasteiger partial charge in [0.2, 0.25) is 5.89 Å². The molecule has 5 nitrogen and oxygen atoms in total. The van der Waals surface area contributed by atoms with Gasteiger partial charge in [0.1, 0.15) is 0 Å². The Morgan fingerprint density at radius 1 is 1.50 bits per heavy atom. The third-order valence-electron chi connectivity index (χ3n) is 2.73. The van der Waals surface area contributed by atoms with E-state index in [9.17, 15) is 0 Å². The maximum atomic E-state index is 5.21. The highest BCUT2D eigenvalue weighted by atomic mass is 16.5. The van der Waals surface area contributed by atoms with E-state index in [4.69, 9.17) is 9.26 Å². The van der Waals surface area contributed by atoms with Crippen LogP contribution in [0.15, 0.2) is 4.52 Å². The van der Waals surface area contributed by atoms with Crippen molar-refractivity contribution < 1.29 is 9.26 Å². The van der Waals surface area contributed by atoms with E-state index in [1.807, 2.05) is 7.05 Å². The molecule has 0 saturated heterocycles. The molecule has 0 aliphatic carbocycles. The standard InChI is InChI=1S/C11H21N3O2/c1-5-8(2)11-13-10(16-14-11)6-9(12-3)7-15-4/h8-9,12H,5-7H2,1-4H3. The van der Waals surface area contributed by atoms with Gasteiger partial charge < -0.3 is 14.6 Å². The normalized spacial score (nSPS) is 15.0. The van der Waals surface area contributed by atoms with Crippen LogP contribution in [0.3, 0.4) is 0 Å². The summed E-state index contributed by atoms with van der Waals surface area (Å²) in [5.41, 5.74) is 0. The molecule has 5 heteroatoms. The minimum atomic E-state index is 0.218. The second-order valence-electron chi connectivity index (χ2n) is 4.00. The van der Waals surface area contributed by atoms with E-state index in [2.05, 4.69) is 29.3 Å². The SMILES string of the molecule is CCC(C)c1noc(CC(COC)NC)n1. The number of likely N-dealkylation sites (N-methyl/N-ethyl adjacent to an activating group) is 1. The van der Waals surface area contributed by atoms with Crippen LogP contribution in [0, 0.1) is 0 Å². The summed E-state index contributed by atoms with van der Waals surface area (Å²) in [5, 5.41) is 7.13. The second-order valence-corrected chi connectivity index (χ2v) is 4.00. The van der Waals surface area contributed by atoms with Crippen molar-refractivity contribution in [1.82, 2.24) is 15.5 Å². The highest BCUT2D eigenvalue weighted by molar-refractivity contribution is 4.94. The van der Waals surface area contributed by atoms with Gasteiger partial charge in [-0.3, -0.25) is 0 Å².